The van der Waals surface area contributed by atoms with E-state index in [0.717, 1.165) is 41.4 Å². The van der Waals surface area contributed by atoms with E-state index in [-0.39, 0.29) is 30.1 Å². The molecule has 1 N–H and O–H groups in total. The number of nitrogens with zero attached hydrogens (tertiary/aromatic N) is 4. The first-order valence-corrected chi connectivity index (χ1v) is 13.8. The molecule has 2 saturated heterocycles. The topological polar surface area (TPSA) is 105 Å². The molecule has 10 nitrogen and oxygen atoms in total. The Kier molecular flexibility index (Phi) is 7.06. The first-order chi connectivity index (χ1) is 17.7. The maximum absolute atomic E-state index is 14.6. The Hall–Kier alpha value is -3.22. The molecule has 1 aromatic carbocycles. The summed E-state index contributed by atoms with van der Waals surface area (Å²) in [5.41, 5.74) is 2.26. The number of nitrogens with one attached hydrogen (secondary N) is 1. The summed E-state index contributed by atoms with van der Waals surface area (Å²) in [6.07, 6.45) is 5.51. The summed E-state index contributed by atoms with van der Waals surface area (Å²) in [6, 6.07) is 8.42. The maximum Gasteiger partial charge on any atom is 0.303 e. The molecular formula is C25H30FN5O5S. The van der Waals surface area contributed by atoms with E-state index in [4.69, 9.17) is 9.47 Å². The first-order valence-electron chi connectivity index (χ1n) is 12.3. The minimum Gasteiger partial charge on any atom is -0.488 e. The van der Waals surface area contributed by atoms with Crippen molar-refractivity contribution in [1.29, 1.82) is 0 Å². The smallest absolute Gasteiger partial charge is 0.303 e. The molecule has 12 heteroatoms. The van der Waals surface area contributed by atoms with Crippen LogP contribution in [-0.2, 0) is 14.9 Å². The van der Waals surface area contributed by atoms with Crippen LogP contribution >= 0.6 is 0 Å². The summed E-state index contributed by atoms with van der Waals surface area (Å²) in [4.78, 5) is 15.0. The van der Waals surface area contributed by atoms with Gasteiger partial charge in [0.1, 0.15) is 17.7 Å². The highest BCUT2D eigenvalue weighted by atomic mass is 32.2. The van der Waals surface area contributed by atoms with Crippen molar-refractivity contribution in [3.8, 4) is 5.75 Å². The predicted octanol–water partition coefficient (Wildman–Crippen LogP) is 2.91. The van der Waals surface area contributed by atoms with Gasteiger partial charge in [-0.2, -0.15) is 17.8 Å². The van der Waals surface area contributed by atoms with Crippen LogP contribution in [0.3, 0.4) is 0 Å². The highest BCUT2D eigenvalue weighted by Crippen LogP contribution is 2.38. The largest absolute Gasteiger partial charge is 0.488 e. The molecule has 2 aliphatic heterocycles. The van der Waals surface area contributed by atoms with Crippen molar-refractivity contribution in [3.05, 3.63) is 59.7 Å². The molecule has 0 spiro atoms. The van der Waals surface area contributed by atoms with Gasteiger partial charge in [-0.3, -0.25) is 4.79 Å². The Labute approximate surface area is 215 Å². The standard InChI is InChI=1S/C25H30FN5O5S/c1-3-29(2)37(33,34)28-25(32)22-15-27-31-9-6-19(14-24(22)31)30-8-4-5-23(30)17-11-18(26)13-21(12-17)36-20-7-10-35-16-20/h6,9,11-15,20,23H,3-5,7-8,10,16H2,1-2H3,(H,28,32)/t20-,23+/m0/s1. The number of ether oxygens (including phenoxy) is 2. The lowest BCUT2D eigenvalue weighted by Gasteiger charge is -2.28. The summed E-state index contributed by atoms with van der Waals surface area (Å²) in [5.74, 6) is -0.629. The molecule has 0 aliphatic carbocycles. The number of amides is 1. The van der Waals surface area contributed by atoms with Crippen molar-refractivity contribution in [1.82, 2.24) is 18.6 Å². The molecule has 198 valence electrons. The average molecular weight is 532 g/mol. The predicted molar refractivity (Wildman–Crippen MR) is 135 cm³/mol. The zero-order chi connectivity index (χ0) is 26.2. The summed E-state index contributed by atoms with van der Waals surface area (Å²) >= 11 is 0. The van der Waals surface area contributed by atoms with Gasteiger partial charge in [0, 0.05) is 44.5 Å². The van der Waals surface area contributed by atoms with E-state index in [2.05, 4.69) is 14.7 Å². The number of fused-ring (bicyclic) bond motifs is 1. The Morgan fingerprint density at radius 2 is 2.14 bits per heavy atom. The number of rotatable bonds is 8. The second-order valence-electron chi connectivity index (χ2n) is 9.30. The van der Waals surface area contributed by atoms with Gasteiger partial charge in [0.05, 0.1) is 36.5 Å². The van der Waals surface area contributed by atoms with Crippen LogP contribution in [0.25, 0.3) is 5.52 Å². The molecule has 2 atom stereocenters. The van der Waals surface area contributed by atoms with Gasteiger partial charge in [-0.15, -0.1) is 0 Å². The number of halogens is 1. The Balaban J connectivity index is 1.42. The molecule has 37 heavy (non-hydrogen) atoms. The first kappa shape index (κ1) is 25.4. The molecule has 3 aromatic rings. The molecule has 0 saturated carbocycles. The van der Waals surface area contributed by atoms with E-state index >= 15 is 0 Å². The third kappa shape index (κ3) is 5.27. The summed E-state index contributed by atoms with van der Waals surface area (Å²) in [6.45, 7) is 3.78. The van der Waals surface area contributed by atoms with Crippen molar-refractivity contribution in [2.75, 3.05) is 38.3 Å². The van der Waals surface area contributed by atoms with E-state index in [0.29, 0.717) is 24.5 Å². The second-order valence-corrected chi connectivity index (χ2v) is 11.1. The number of carbonyl (C=O) groups excluding carboxylic acids is 1. The Morgan fingerprint density at radius 3 is 2.89 bits per heavy atom. The molecular weight excluding hydrogens is 501 g/mol. The number of aromatic nitrogens is 2. The lowest BCUT2D eigenvalue weighted by atomic mass is 10.0. The van der Waals surface area contributed by atoms with E-state index in [1.165, 1.54) is 29.9 Å². The van der Waals surface area contributed by atoms with E-state index in [9.17, 15) is 17.6 Å². The molecule has 1 amide bonds. The van der Waals surface area contributed by atoms with Crippen LogP contribution in [-0.4, -0.2) is 67.7 Å². The van der Waals surface area contributed by atoms with Gasteiger partial charge >= 0.3 is 10.2 Å². The SMILES string of the molecule is CCN(C)S(=O)(=O)NC(=O)c1cnn2ccc(N3CCC[C@@H]3c3cc(F)cc(O[C@H]4CCOC4)c3)cc12. The van der Waals surface area contributed by atoms with Crippen LogP contribution in [0.5, 0.6) is 5.75 Å². The third-order valence-electron chi connectivity index (χ3n) is 6.88. The van der Waals surface area contributed by atoms with Crippen molar-refractivity contribution >= 4 is 27.3 Å². The number of hydrogen-bond donors (Lipinski definition) is 1. The lowest BCUT2D eigenvalue weighted by Crippen LogP contribution is -2.41. The van der Waals surface area contributed by atoms with E-state index in [1.807, 2.05) is 18.2 Å². The zero-order valence-corrected chi connectivity index (χ0v) is 21.6. The minimum absolute atomic E-state index is 0.0795. The molecule has 2 aliphatic rings. The normalized spacial score (nSPS) is 20.2. The van der Waals surface area contributed by atoms with Crippen LogP contribution in [0.1, 0.15) is 48.1 Å². The fourth-order valence-corrected chi connectivity index (χ4v) is 5.65. The molecule has 5 rings (SSSR count). The van der Waals surface area contributed by atoms with Gasteiger partial charge in [-0.1, -0.05) is 6.92 Å². The van der Waals surface area contributed by atoms with Crippen molar-refractivity contribution in [3.63, 3.8) is 0 Å². The highest BCUT2D eigenvalue weighted by Gasteiger charge is 2.29. The van der Waals surface area contributed by atoms with Crippen molar-refractivity contribution in [2.24, 2.45) is 0 Å². The van der Waals surface area contributed by atoms with Crippen molar-refractivity contribution in [2.45, 2.75) is 38.3 Å². The zero-order valence-electron chi connectivity index (χ0n) is 20.8. The molecule has 0 unspecified atom stereocenters. The highest BCUT2D eigenvalue weighted by molar-refractivity contribution is 7.87. The minimum atomic E-state index is -3.96. The number of benzene rings is 1. The van der Waals surface area contributed by atoms with E-state index in [1.54, 1.807) is 13.1 Å². The monoisotopic (exact) mass is 531 g/mol. The van der Waals surface area contributed by atoms with Crippen molar-refractivity contribution < 1.29 is 27.1 Å². The number of carbonyl (C=O) groups is 1. The lowest BCUT2D eigenvalue weighted by molar-refractivity contribution is 0.0981. The molecule has 0 radical (unpaired) electrons. The maximum atomic E-state index is 14.6. The fourth-order valence-electron chi connectivity index (χ4n) is 4.81. The van der Waals surface area contributed by atoms with Crippen LogP contribution in [0.4, 0.5) is 10.1 Å². The van der Waals surface area contributed by atoms with Gasteiger partial charge in [0.2, 0.25) is 0 Å². The van der Waals surface area contributed by atoms with E-state index < -0.39 is 16.1 Å². The third-order valence-corrected chi connectivity index (χ3v) is 8.40. The Morgan fingerprint density at radius 1 is 1.30 bits per heavy atom. The van der Waals surface area contributed by atoms with Crippen LogP contribution in [0.2, 0.25) is 0 Å². The van der Waals surface area contributed by atoms with Crippen LogP contribution in [0.15, 0.2) is 42.7 Å². The van der Waals surface area contributed by atoms with Gasteiger partial charge in [-0.05, 0) is 42.7 Å². The fraction of sp³-hybridized carbons (Fsp3) is 0.440. The number of anilines is 1. The number of pyridine rings is 1. The van der Waals surface area contributed by atoms with Gasteiger partial charge < -0.3 is 14.4 Å². The number of hydrogen-bond acceptors (Lipinski definition) is 7. The molecule has 0 bridgehead atoms. The second kappa shape index (κ2) is 10.3. The summed E-state index contributed by atoms with van der Waals surface area (Å²) < 4.78 is 55.3. The molecule has 2 aromatic heterocycles. The van der Waals surface area contributed by atoms with Crippen LogP contribution in [0, 0.1) is 5.82 Å². The Bertz CT molecular complexity index is 1410. The van der Waals surface area contributed by atoms with Gasteiger partial charge in [0.15, 0.2) is 0 Å². The average Bonchev–Trinajstić information content (AvgIpc) is 3.63. The molecule has 4 heterocycles. The van der Waals surface area contributed by atoms with Gasteiger partial charge in [0.25, 0.3) is 5.91 Å². The summed E-state index contributed by atoms with van der Waals surface area (Å²) in [5, 5.41) is 4.20. The van der Waals surface area contributed by atoms with Gasteiger partial charge in [-0.25, -0.2) is 13.6 Å². The summed E-state index contributed by atoms with van der Waals surface area (Å²) in [7, 11) is -2.57. The quantitative estimate of drug-likeness (QED) is 0.477. The van der Waals surface area contributed by atoms with Crippen LogP contribution < -0.4 is 14.4 Å². The molecule has 2 fully saturated rings.